The predicted octanol–water partition coefficient (Wildman–Crippen LogP) is 1.42. The molecule has 3 rings (SSSR count). The van der Waals surface area contributed by atoms with Gasteiger partial charge in [0.15, 0.2) is 5.16 Å². The van der Waals surface area contributed by atoms with Crippen molar-refractivity contribution >= 4 is 17.7 Å². The first kappa shape index (κ1) is 22.4. The second-order valence-corrected chi connectivity index (χ2v) is 7.62. The predicted molar refractivity (Wildman–Crippen MR) is 103 cm³/mol. The molecule has 11 heteroatoms. The maximum absolute atomic E-state index is 13.2. The van der Waals surface area contributed by atoms with Crippen molar-refractivity contribution in [3.8, 4) is 11.3 Å². The number of hydrogen-bond donors (Lipinski definition) is 2. The fourth-order valence-corrected chi connectivity index (χ4v) is 3.56. The monoisotopic (exact) mass is 445 g/mol. The summed E-state index contributed by atoms with van der Waals surface area (Å²) in [7, 11) is 0. The van der Waals surface area contributed by atoms with Crippen LogP contribution in [0.1, 0.15) is 5.69 Å². The van der Waals surface area contributed by atoms with Crippen LogP contribution in [0.2, 0.25) is 0 Å². The van der Waals surface area contributed by atoms with E-state index in [1.165, 1.54) is 17.0 Å². The van der Waals surface area contributed by atoms with Crippen LogP contribution in [0.3, 0.4) is 0 Å². The number of nitrogens with one attached hydrogen (secondary N) is 2. The zero-order valence-electron chi connectivity index (χ0n) is 16.0. The van der Waals surface area contributed by atoms with Gasteiger partial charge in [-0.3, -0.25) is 4.79 Å². The Hall–Kier alpha value is -2.24. The topological polar surface area (TPSA) is 68.5 Å². The fraction of sp³-hybridized carbons (Fsp3) is 0.421. The van der Waals surface area contributed by atoms with Gasteiger partial charge in [-0.05, 0) is 30.3 Å². The van der Waals surface area contributed by atoms with Gasteiger partial charge >= 0.3 is 6.18 Å². The summed E-state index contributed by atoms with van der Waals surface area (Å²) in [4.78, 5) is 21.0. The maximum atomic E-state index is 13.2. The van der Waals surface area contributed by atoms with E-state index in [9.17, 15) is 22.4 Å². The van der Waals surface area contributed by atoms with E-state index >= 15 is 0 Å². The Morgan fingerprint density at radius 3 is 2.53 bits per heavy atom. The van der Waals surface area contributed by atoms with Gasteiger partial charge in [-0.2, -0.15) is 13.2 Å². The van der Waals surface area contributed by atoms with E-state index in [0.717, 1.165) is 49.6 Å². The average molecular weight is 445 g/mol. The lowest BCUT2D eigenvalue weighted by Gasteiger charge is -2.23. The van der Waals surface area contributed by atoms with Crippen molar-refractivity contribution in [1.82, 2.24) is 15.3 Å². The number of nitrogens with zero attached hydrogens (tertiary/aromatic N) is 2. The molecule has 0 unspecified atom stereocenters. The van der Waals surface area contributed by atoms with Crippen LogP contribution in [0.25, 0.3) is 11.3 Å². The molecule has 1 saturated heterocycles. The molecular formula is C19H21F4N4O2S+. The molecule has 1 aromatic heterocycles. The molecule has 2 N–H and O–H groups in total. The van der Waals surface area contributed by atoms with Gasteiger partial charge in [0.25, 0.3) is 0 Å². The summed E-state index contributed by atoms with van der Waals surface area (Å²) < 4.78 is 58.0. The van der Waals surface area contributed by atoms with Gasteiger partial charge in [-0.15, -0.1) is 0 Å². The fourth-order valence-electron chi connectivity index (χ4n) is 2.87. The highest BCUT2D eigenvalue weighted by Crippen LogP contribution is 2.32. The molecule has 1 aliphatic heterocycles. The lowest BCUT2D eigenvalue weighted by Crippen LogP contribution is -3.14. The summed E-state index contributed by atoms with van der Waals surface area (Å²) in [5.41, 5.74) is -0.782. The van der Waals surface area contributed by atoms with Gasteiger partial charge in [0.2, 0.25) is 5.91 Å². The van der Waals surface area contributed by atoms with Gasteiger partial charge < -0.3 is 15.0 Å². The van der Waals surface area contributed by atoms with Crippen LogP contribution >= 0.6 is 11.8 Å². The molecule has 162 valence electrons. The third-order valence-corrected chi connectivity index (χ3v) is 5.32. The van der Waals surface area contributed by atoms with Crippen LogP contribution in [-0.4, -0.2) is 61.0 Å². The molecule has 2 heterocycles. The van der Waals surface area contributed by atoms with Gasteiger partial charge in [0.05, 0.1) is 37.8 Å². The lowest BCUT2D eigenvalue weighted by atomic mass is 10.1. The summed E-state index contributed by atoms with van der Waals surface area (Å²) in [6.45, 7) is 4.39. The van der Waals surface area contributed by atoms with Gasteiger partial charge in [0, 0.05) is 5.56 Å². The zero-order chi connectivity index (χ0) is 21.6. The van der Waals surface area contributed by atoms with Crippen molar-refractivity contribution in [3.63, 3.8) is 0 Å². The second kappa shape index (κ2) is 10.2. The third kappa shape index (κ3) is 6.64. The first-order valence-corrected chi connectivity index (χ1v) is 10.3. The van der Waals surface area contributed by atoms with Crippen LogP contribution in [0.15, 0.2) is 35.5 Å². The number of alkyl halides is 3. The smallest absolute Gasteiger partial charge is 0.370 e. The maximum Gasteiger partial charge on any atom is 0.433 e. The number of hydrogen-bond acceptors (Lipinski definition) is 5. The Morgan fingerprint density at radius 1 is 1.17 bits per heavy atom. The standard InChI is InChI=1S/C19H20F4N4O2S/c20-14-3-1-13(2-4-14)15-11-16(19(21,22)23)26-18(25-15)30-12-17(28)24-5-6-27-7-9-29-10-8-27/h1-4,11H,5-10,12H2,(H,24,28)/p+1. The molecule has 0 saturated carbocycles. The molecule has 0 radical (unpaired) electrons. The van der Waals surface area contributed by atoms with E-state index in [1.807, 2.05) is 0 Å². The summed E-state index contributed by atoms with van der Waals surface area (Å²) in [5.74, 6) is -0.922. The largest absolute Gasteiger partial charge is 0.433 e. The molecule has 0 aliphatic carbocycles. The number of amides is 1. The van der Waals surface area contributed by atoms with Crippen LogP contribution in [0.4, 0.5) is 17.6 Å². The van der Waals surface area contributed by atoms with Crippen molar-refractivity contribution in [3.05, 3.63) is 41.8 Å². The van der Waals surface area contributed by atoms with E-state index in [4.69, 9.17) is 4.74 Å². The van der Waals surface area contributed by atoms with Crippen molar-refractivity contribution in [2.75, 3.05) is 45.1 Å². The number of carbonyl (C=O) groups excluding carboxylic acids is 1. The number of aromatic nitrogens is 2. The number of benzene rings is 1. The van der Waals surface area contributed by atoms with E-state index in [1.54, 1.807) is 0 Å². The SMILES string of the molecule is O=C(CSc1nc(-c2ccc(F)cc2)cc(C(F)(F)F)n1)NCC[NH+]1CCOCC1. The highest BCUT2D eigenvalue weighted by atomic mass is 32.2. The number of thioether (sulfide) groups is 1. The Balaban J connectivity index is 1.62. The highest BCUT2D eigenvalue weighted by molar-refractivity contribution is 7.99. The molecule has 30 heavy (non-hydrogen) atoms. The number of rotatable bonds is 7. The summed E-state index contributed by atoms with van der Waals surface area (Å²) in [5, 5.41) is 2.59. The first-order chi connectivity index (χ1) is 14.3. The number of carbonyl (C=O) groups is 1. The first-order valence-electron chi connectivity index (χ1n) is 9.34. The molecule has 2 aromatic rings. The molecular weight excluding hydrogens is 424 g/mol. The van der Waals surface area contributed by atoms with Crippen molar-refractivity contribution in [2.45, 2.75) is 11.3 Å². The lowest BCUT2D eigenvalue weighted by molar-refractivity contribution is -0.906. The number of halogens is 4. The Morgan fingerprint density at radius 2 is 1.87 bits per heavy atom. The van der Waals surface area contributed by atoms with Crippen LogP contribution < -0.4 is 10.2 Å². The zero-order valence-corrected chi connectivity index (χ0v) is 16.8. The molecule has 0 spiro atoms. The minimum absolute atomic E-state index is 0.0103. The van der Waals surface area contributed by atoms with E-state index in [0.29, 0.717) is 25.3 Å². The van der Waals surface area contributed by atoms with Gasteiger partial charge in [-0.1, -0.05) is 11.8 Å². The van der Waals surface area contributed by atoms with Crippen LogP contribution in [0.5, 0.6) is 0 Å². The summed E-state index contributed by atoms with van der Waals surface area (Å²) in [6.07, 6.45) is -4.67. The third-order valence-electron chi connectivity index (χ3n) is 4.47. The van der Waals surface area contributed by atoms with Crippen molar-refractivity contribution in [2.24, 2.45) is 0 Å². The van der Waals surface area contributed by atoms with Crippen LogP contribution in [0, 0.1) is 5.82 Å². The van der Waals surface area contributed by atoms with Crippen LogP contribution in [-0.2, 0) is 15.7 Å². The van der Waals surface area contributed by atoms with E-state index in [-0.39, 0.29) is 22.5 Å². The Kier molecular flexibility index (Phi) is 7.62. The molecule has 0 bridgehead atoms. The molecule has 1 aliphatic rings. The van der Waals surface area contributed by atoms with Gasteiger partial charge in [0.1, 0.15) is 24.6 Å². The minimum atomic E-state index is -4.67. The molecule has 1 amide bonds. The Labute approximate surface area is 175 Å². The average Bonchev–Trinajstić information content (AvgIpc) is 2.73. The quantitative estimate of drug-likeness (QED) is 0.384. The summed E-state index contributed by atoms with van der Waals surface area (Å²) >= 11 is 0.822. The normalized spacial score (nSPS) is 15.2. The number of morpholine rings is 1. The van der Waals surface area contributed by atoms with Crippen molar-refractivity contribution in [1.29, 1.82) is 0 Å². The molecule has 1 aromatic carbocycles. The van der Waals surface area contributed by atoms with E-state index < -0.39 is 17.7 Å². The molecule has 6 nitrogen and oxygen atoms in total. The van der Waals surface area contributed by atoms with Gasteiger partial charge in [-0.25, -0.2) is 14.4 Å². The highest BCUT2D eigenvalue weighted by Gasteiger charge is 2.34. The minimum Gasteiger partial charge on any atom is -0.370 e. The number of ether oxygens (including phenoxy) is 1. The molecule has 1 fully saturated rings. The number of quaternary nitrogens is 1. The molecule has 0 atom stereocenters. The summed E-state index contributed by atoms with van der Waals surface area (Å²) in [6, 6.07) is 5.77. The second-order valence-electron chi connectivity index (χ2n) is 6.68. The Bertz CT molecular complexity index is 859. The van der Waals surface area contributed by atoms with E-state index in [2.05, 4.69) is 15.3 Å². The van der Waals surface area contributed by atoms with Crippen molar-refractivity contribution < 1.29 is 32.0 Å².